The molecule has 6 nitrogen and oxygen atoms in total. The monoisotopic (exact) mass is 308 g/mol. The van der Waals surface area contributed by atoms with E-state index in [4.69, 9.17) is 0 Å². The van der Waals surface area contributed by atoms with Gasteiger partial charge in [-0.3, -0.25) is 4.79 Å². The Labute approximate surface area is 127 Å². The van der Waals surface area contributed by atoms with Crippen LogP contribution < -0.4 is 0 Å². The van der Waals surface area contributed by atoms with Crippen LogP contribution >= 0.6 is 11.3 Å². The number of aliphatic carboxylic acids is 1. The van der Waals surface area contributed by atoms with Crippen molar-refractivity contribution in [3.63, 3.8) is 0 Å². The first-order chi connectivity index (χ1) is 9.78. The molecular weight excluding hydrogens is 288 g/mol. The average Bonchev–Trinajstić information content (AvgIpc) is 2.93. The molecule has 0 saturated heterocycles. The molecular formula is C14H20N4O2S. The number of tetrazole rings is 1. The highest BCUT2D eigenvalue weighted by Crippen LogP contribution is 2.34. The van der Waals surface area contributed by atoms with Gasteiger partial charge in [0.05, 0.1) is 17.3 Å². The lowest BCUT2D eigenvalue weighted by Gasteiger charge is -2.25. The van der Waals surface area contributed by atoms with Gasteiger partial charge in [0, 0.05) is 0 Å². The van der Waals surface area contributed by atoms with Crippen molar-refractivity contribution < 1.29 is 9.90 Å². The lowest BCUT2D eigenvalue weighted by molar-refractivity contribution is -0.138. The van der Waals surface area contributed by atoms with Crippen LogP contribution in [0.2, 0.25) is 0 Å². The van der Waals surface area contributed by atoms with Crippen LogP contribution in [0.25, 0.3) is 10.7 Å². The fourth-order valence-electron chi connectivity index (χ4n) is 2.34. The highest BCUT2D eigenvalue weighted by atomic mass is 32.1. The van der Waals surface area contributed by atoms with Crippen LogP contribution in [0.3, 0.4) is 0 Å². The molecule has 0 fully saturated rings. The van der Waals surface area contributed by atoms with Crippen molar-refractivity contribution in [3.8, 4) is 10.7 Å². The van der Waals surface area contributed by atoms with Gasteiger partial charge in [-0.1, -0.05) is 20.8 Å². The van der Waals surface area contributed by atoms with Gasteiger partial charge in [0.15, 0.2) is 5.82 Å². The molecule has 0 saturated carbocycles. The third-order valence-electron chi connectivity index (χ3n) is 3.16. The summed E-state index contributed by atoms with van der Waals surface area (Å²) >= 11 is 1.56. The van der Waals surface area contributed by atoms with Crippen molar-refractivity contribution in [2.24, 2.45) is 5.41 Å². The van der Waals surface area contributed by atoms with Crippen LogP contribution in [0.1, 0.15) is 45.2 Å². The summed E-state index contributed by atoms with van der Waals surface area (Å²) in [5, 5.41) is 23.1. The van der Waals surface area contributed by atoms with E-state index in [1.54, 1.807) is 16.0 Å². The molecule has 2 aromatic rings. The topological polar surface area (TPSA) is 80.9 Å². The molecule has 0 radical (unpaired) electrons. The second kappa shape index (κ2) is 5.93. The van der Waals surface area contributed by atoms with E-state index in [1.807, 2.05) is 18.4 Å². The zero-order chi connectivity index (χ0) is 15.6. The van der Waals surface area contributed by atoms with E-state index < -0.39 is 5.97 Å². The maximum absolute atomic E-state index is 11.2. The molecule has 7 heteroatoms. The van der Waals surface area contributed by atoms with E-state index in [-0.39, 0.29) is 17.9 Å². The molecule has 0 aliphatic rings. The van der Waals surface area contributed by atoms with Gasteiger partial charge in [-0.05, 0) is 46.2 Å². The van der Waals surface area contributed by atoms with Crippen molar-refractivity contribution in [1.82, 2.24) is 20.2 Å². The van der Waals surface area contributed by atoms with Gasteiger partial charge in [-0.2, -0.15) is 0 Å². The number of carboxylic acids is 1. The Bertz CT molecular complexity index is 627. The molecule has 0 aliphatic carbocycles. The van der Waals surface area contributed by atoms with Gasteiger partial charge >= 0.3 is 5.97 Å². The molecule has 1 N–H and O–H groups in total. The Morgan fingerprint density at radius 3 is 2.71 bits per heavy atom. The zero-order valence-corrected chi connectivity index (χ0v) is 13.5. The first kappa shape index (κ1) is 15.6. The maximum Gasteiger partial charge on any atom is 0.305 e. The van der Waals surface area contributed by atoms with Crippen LogP contribution in [0, 0.1) is 12.3 Å². The summed E-state index contributed by atoms with van der Waals surface area (Å²) < 4.78 is 1.66. The molecule has 0 bridgehead atoms. The number of nitrogens with zero attached hydrogens (tertiary/aromatic N) is 4. The Morgan fingerprint density at radius 2 is 2.19 bits per heavy atom. The molecule has 114 valence electrons. The quantitative estimate of drug-likeness (QED) is 0.917. The van der Waals surface area contributed by atoms with Crippen LogP contribution in [-0.2, 0) is 4.79 Å². The van der Waals surface area contributed by atoms with Crippen molar-refractivity contribution in [2.75, 3.05) is 0 Å². The summed E-state index contributed by atoms with van der Waals surface area (Å²) in [7, 11) is 0. The van der Waals surface area contributed by atoms with Crippen molar-refractivity contribution >= 4 is 17.3 Å². The largest absolute Gasteiger partial charge is 0.481 e. The van der Waals surface area contributed by atoms with E-state index >= 15 is 0 Å². The number of thiophene rings is 1. The highest BCUT2D eigenvalue weighted by molar-refractivity contribution is 7.13. The standard InChI is InChI=1S/C14H20N4O2S/c1-9-5-6-21-12(9)13-15-16-17-18(13)10(7-11(19)20)8-14(2,3)4/h5-6,10H,7-8H2,1-4H3,(H,19,20). The Morgan fingerprint density at radius 1 is 1.48 bits per heavy atom. The normalized spacial score (nSPS) is 13.3. The van der Waals surface area contributed by atoms with Gasteiger partial charge in [0.25, 0.3) is 0 Å². The SMILES string of the molecule is Cc1ccsc1-c1nnnn1C(CC(=O)O)CC(C)(C)C. The van der Waals surface area contributed by atoms with Crippen molar-refractivity contribution in [1.29, 1.82) is 0 Å². The van der Waals surface area contributed by atoms with Crippen molar-refractivity contribution in [2.45, 2.75) is 46.6 Å². The number of carbonyl (C=O) groups is 1. The van der Waals surface area contributed by atoms with Crippen LogP contribution in [0.5, 0.6) is 0 Å². The number of aryl methyl sites for hydroxylation is 1. The smallest absolute Gasteiger partial charge is 0.305 e. The fraction of sp³-hybridized carbons (Fsp3) is 0.571. The molecule has 21 heavy (non-hydrogen) atoms. The molecule has 2 heterocycles. The molecule has 0 spiro atoms. The predicted octanol–water partition coefficient (Wildman–Crippen LogP) is 3.16. The van der Waals surface area contributed by atoms with E-state index in [9.17, 15) is 9.90 Å². The second-order valence-corrected chi connectivity index (χ2v) is 7.31. The third kappa shape index (κ3) is 3.87. The van der Waals surface area contributed by atoms with Crippen molar-refractivity contribution in [3.05, 3.63) is 17.0 Å². The predicted molar refractivity (Wildman–Crippen MR) is 81.2 cm³/mol. The summed E-state index contributed by atoms with van der Waals surface area (Å²) in [4.78, 5) is 12.2. The molecule has 0 aromatic carbocycles. The first-order valence-electron chi connectivity index (χ1n) is 6.82. The summed E-state index contributed by atoms with van der Waals surface area (Å²) in [5.41, 5.74) is 1.09. The summed E-state index contributed by atoms with van der Waals surface area (Å²) in [6, 6.07) is 1.75. The average molecular weight is 308 g/mol. The zero-order valence-electron chi connectivity index (χ0n) is 12.7. The lowest BCUT2D eigenvalue weighted by Crippen LogP contribution is -2.22. The van der Waals surface area contributed by atoms with Crippen LogP contribution in [0.4, 0.5) is 0 Å². The van der Waals surface area contributed by atoms with Gasteiger partial charge in [-0.15, -0.1) is 16.4 Å². The van der Waals surface area contributed by atoms with Gasteiger partial charge in [-0.25, -0.2) is 4.68 Å². The fourth-order valence-corrected chi connectivity index (χ4v) is 3.25. The number of rotatable bonds is 5. The first-order valence-corrected chi connectivity index (χ1v) is 7.70. The number of aromatic nitrogens is 4. The third-order valence-corrected chi connectivity index (χ3v) is 4.17. The Hall–Kier alpha value is -1.76. The molecule has 0 amide bonds. The van der Waals surface area contributed by atoms with E-state index in [0.29, 0.717) is 12.2 Å². The Kier molecular flexibility index (Phi) is 4.41. The van der Waals surface area contributed by atoms with Gasteiger partial charge in [0.2, 0.25) is 0 Å². The second-order valence-electron chi connectivity index (χ2n) is 6.40. The number of hydrogen-bond donors (Lipinski definition) is 1. The van der Waals surface area contributed by atoms with Gasteiger partial charge < -0.3 is 5.11 Å². The maximum atomic E-state index is 11.2. The summed E-state index contributed by atoms with van der Waals surface area (Å²) in [6.07, 6.45) is 0.710. The minimum absolute atomic E-state index is 0.00612. The molecule has 2 aromatic heterocycles. The molecule has 1 unspecified atom stereocenters. The van der Waals surface area contributed by atoms with Gasteiger partial charge in [0.1, 0.15) is 0 Å². The van der Waals surface area contributed by atoms with Crippen LogP contribution in [-0.4, -0.2) is 31.3 Å². The number of hydrogen-bond acceptors (Lipinski definition) is 5. The highest BCUT2D eigenvalue weighted by Gasteiger charge is 2.27. The molecule has 1 atom stereocenters. The number of carboxylic acid groups (broad SMARTS) is 1. The lowest BCUT2D eigenvalue weighted by atomic mass is 9.87. The minimum atomic E-state index is -0.839. The molecule has 2 rings (SSSR count). The van der Waals surface area contributed by atoms with E-state index in [1.165, 1.54) is 0 Å². The van der Waals surface area contributed by atoms with E-state index in [0.717, 1.165) is 10.4 Å². The summed E-state index contributed by atoms with van der Waals surface area (Å²) in [6.45, 7) is 8.26. The van der Waals surface area contributed by atoms with E-state index in [2.05, 4.69) is 36.3 Å². The molecule has 0 aliphatic heterocycles. The minimum Gasteiger partial charge on any atom is -0.481 e. The van der Waals surface area contributed by atoms with Crippen LogP contribution in [0.15, 0.2) is 11.4 Å². The Balaban J connectivity index is 2.39. The summed E-state index contributed by atoms with van der Waals surface area (Å²) in [5.74, 6) is -0.188.